The molecule has 1 aliphatic carbocycles. The summed E-state index contributed by atoms with van der Waals surface area (Å²) >= 11 is 3.65. The summed E-state index contributed by atoms with van der Waals surface area (Å²) < 4.78 is 6.37. The highest BCUT2D eigenvalue weighted by Crippen LogP contribution is 2.46. The molecule has 1 N–H and O–H groups in total. The van der Waals surface area contributed by atoms with E-state index in [1.807, 2.05) is 75.5 Å². The highest BCUT2D eigenvalue weighted by Gasteiger charge is 2.38. The number of fused-ring (bicyclic) bond motifs is 5. The molecule has 10 nitrogen and oxygen atoms in total. The molecule has 244 valence electrons. The van der Waals surface area contributed by atoms with Crippen LogP contribution in [0.25, 0.3) is 22.0 Å². The summed E-state index contributed by atoms with van der Waals surface area (Å²) in [6.07, 6.45) is 1.11. The molecule has 6 rings (SSSR count). The molecule has 1 atom stereocenters. The van der Waals surface area contributed by atoms with Gasteiger partial charge in [0.15, 0.2) is 0 Å². The van der Waals surface area contributed by atoms with Gasteiger partial charge in [0.05, 0.1) is 11.1 Å². The van der Waals surface area contributed by atoms with Crippen molar-refractivity contribution in [3.05, 3.63) is 82.5 Å². The van der Waals surface area contributed by atoms with Crippen LogP contribution >= 0.6 is 15.9 Å². The number of hydrogen-bond acceptors (Lipinski definition) is 9. The van der Waals surface area contributed by atoms with Crippen LogP contribution in [-0.4, -0.2) is 65.6 Å². The fraction of sp³-hybridized carbons (Fsp3) is 0.361. The smallest absolute Gasteiger partial charge is 0.408 e. The van der Waals surface area contributed by atoms with Crippen molar-refractivity contribution in [2.24, 2.45) is 10.6 Å². The zero-order chi connectivity index (χ0) is 33.5. The molecule has 2 aromatic heterocycles. The second-order valence-electron chi connectivity index (χ2n) is 13.8. The summed E-state index contributed by atoms with van der Waals surface area (Å²) in [6, 6.07) is 19.0. The van der Waals surface area contributed by atoms with Gasteiger partial charge < -0.3 is 24.7 Å². The minimum atomic E-state index is -1.01. The molecule has 1 unspecified atom stereocenters. The predicted molar refractivity (Wildman–Crippen MR) is 188 cm³/mol. The SMILES string of the molecule is CC(C)(C)OC(=O)NC(C(=O)O/N=C1\c2ccccc2-c2c1c(N1CCN(c3ccccn3)CC1)nc1ccc(Br)cc21)C(C)(C)C. The Morgan fingerprint density at radius 2 is 1.57 bits per heavy atom. The maximum Gasteiger partial charge on any atom is 0.408 e. The first-order valence-corrected chi connectivity index (χ1v) is 16.5. The number of amides is 1. The van der Waals surface area contributed by atoms with Gasteiger partial charge in [0.25, 0.3) is 0 Å². The highest BCUT2D eigenvalue weighted by atomic mass is 79.9. The molecule has 1 fully saturated rings. The van der Waals surface area contributed by atoms with Crippen molar-refractivity contribution in [3.8, 4) is 11.1 Å². The number of pyridine rings is 2. The van der Waals surface area contributed by atoms with E-state index in [4.69, 9.17) is 14.6 Å². The van der Waals surface area contributed by atoms with Crippen molar-refractivity contribution in [2.75, 3.05) is 36.0 Å². The molecule has 0 spiro atoms. The van der Waals surface area contributed by atoms with Crippen LogP contribution in [-0.2, 0) is 14.4 Å². The van der Waals surface area contributed by atoms with Crippen molar-refractivity contribution in [3.63, 3.8) is 0 Å². The zero-order valence-electron chi connectivity index (χ0n) is 27.5. The second kappa shape index (κ2) is 12.6. The Balaban J connectivity index is 1.40. The monoisotopic (exact) mass is 698 g/mol. The number of hydrogen-bond donors (Lipinski definition) is 1. The first-order valence-electron chi connectivity index (χ1n) is 15.7. The van der Waals surface area contributed by atoms with Crippen molar-refractivity contribution >= 4 is 56.2 Å². The fourth-order valence-corrected chi connectivity index (χ4v) is 6.34. The molecule has 0 saturated carbocycles. The largest absolute Gasteiger partial charge is 0.444 e. The van der Waals surface area contributed by atoms with E-state index in [1.54, 1.807) is 20.8 Å². The van der Waals surface area contributed by atoms with E-state index >= 15 is 0 Å². The van der Waals surface area contributed by atoms with E-state index in [0.717, 1.165) is 62.4 Å². The lowest BCUT2D eigenvalue weighted by molar-refractivity contribution is -0.149. The Kier molecular flexibility index (Phi) is 8.69. The number of nitrogens with zero attached hydrogens (tertiary/aromatic N) is 5. The van der Waals surface area contributed by atoms with Crippen molar-refractivity contribution in [2.45, 2.75) is 53.2 Å². The standard InChI is InChI=1S/C36H39BrN6O4/c1-35(2,3)31(40-34(45)46-36(4,5)6)33(44)47-41-30-24-12-8-7-11-23(24)28-25-21-22(37)14-15-26(25)39-32(29(28)30)43-19-17-42(18-20-43)27-13-9-10-16-38-27/h7-16,21,31H,17-20H2,1-6H3,(H,40,45)/b41-30+. The number of alkyl carbamates (subject to hydrolysis) is 1. The van der Waals surface area contributed by atoms with E-state index in [2.05, 4.69) is 53.3 Å². The quantitative estimate of drug-likeness (QED) is 0.155. The average molecular weight is 700 g/mol. The number of anilines is 2. The van der Waals surface area contributed by atoms with Gasteiger partial charge in [0.2, 0.25) is 0 Å². The van der Waals surface area contributed by atoms with Gasteiger partial charge in [0, 0.05) is 53.4 Å². The number of aromatic nitrogens is 2. The number of carbonyl (C=O) groups excluding carboxylic acids is 2. The average Bonchev–Trinajstić information content (AvgIpc) is 3.36. The highest BCUT2D eigenvalue weighted by molar-refractivity contribution is 9.10. The van der Waals surface area contributed by atoms with Gasteiger partial charge in [-0.25, -0.2) is 19.6 Å². The second-order valence-corrected chi connectivity index (χ2v) is 14.8. The first kappa shape index (κ1) is 32.4. The maximum absolute atomic E-state index is 13.6. The summed E-state index contributed by atoms with van der Waals surface area (Å²) in [6.45, 7) is 13.8. The summed E-state index contributed by atoms with van der Waals surface area (Å²) in [4.78, 5) is 46.3. The normalized spacial score (nSPS) is 16.1. The van der Waals surface area contributed by atoms with Crippen LogP contribution in [0.4, 0.5) is 16.4 Å². The Bertz CT molecular complexity index is 1860. The third-order valence-electron chi connectivity index (χ3n) is 8.16. The van der Waals surface area contributed by atoms with E-state index < -0.39 is 29.1 Å². The lowest BCUT2D eigenvalue weighted by Crippen LogP contribution is -2.50. The number of oxime groups is 1. The van der Waals surface area contributed by atoms with Crippen LogP contribution in [0.15, 0.2) is 76.5 Å². The molecular formula is C36H39BrN6O4. The van der Waals surface area contributed by atoms with Crippen LogP contribution in [0.2, 0.25) is 0 Å². The van der Waals surface area contributed by atoms with Gasteiger partial charge in [-0.15, -0.1) is 0 Å². The van der Waals surface area contributed by atoms with Crippen LogP contribution in [0.1, 0.15) is 52.7 Å². The first-order chi connectivity index (χ1) is 22.3. The minimum Gasteiger partial charge on any atom is -0.444 e. The molecule has 1 aliphatic heterocycles. The van der Waals surface area contributed by atoms with Crippen LogP contribution < -0.4 is 15.1 Å². The molecule has 4 aromatic rings. The van der Waals surface area contributed by atoms with Gasteiger partial charge in [0.1, 0.15) is 29.0 Å². The van der Waals surface area contributed by atoms with Gasteiger partial charge in [-0.2, -0.15) is 0 Å². The van der Waals surface area contributed by atoms with Crippen LogP contribution in [0.3, 0.4) is 0 Å². The number of ether oxygens (including phenoxy) is 1. The zero-order valence-corrected chi connectivity index (χ0v) is 29.1. The number of halogens is 1. The van der Waals surface area contributed by atoms with Gasteiger partial charge in [-0.3, -0.25) is 0 Å². The number of benzene rings is 2. The van der Waals surface area contributed by atoms with Crippen LogP contribution in [0.5, 0.6) is 0 Å². The minimum absolute atomic E-state index is 0.519. The Hall–Kier alpha value is -4.51. The van der Waals surface area contributed by atoms with Gasteiger partial charge in [-0.05, 0) is 62.1 Å². The molecule has 2 aliphatic rings. The van der Waals surface area contributed by atoms with E-state index in [0.29, 0.717) is 18.8 Å². The summed E-state index contributed by atoms with van der Waals surface area (Å²) in [5.41, 5.74) is 3.59. The fourth-order valence-electron chi connectivity index (χ4n) is 5.98. The van der Waals surface area contributed by atoms with Crippen molar-refractivity contribution in [1.82, 2.24) is 15.3 Å². The molecule has 3 heterocycles. The Morgan fingerprint density at radius 1 is 0.894 bits per heavy atom. The molecular weight excluding hydrogens is 660 g/mol. The molecule has 1 amide bonds. The number of nitrogens with one attached hydrogen (secondary N) is 1. The molecule has 0 bridgehead atoms. The topological polar surface area (TPSA) is 109 Å². The van der Waals surface area contributed by atoms with E-state index in [9.17, 15) is 9.59 Å². The Labute approximate surface area is 283 Å². The van der Waals surface area contributed by atoms with Crippen LogP contribution in [0, 0.1) is 5.41 Å². The van der Waals surface area contributed by atoms with E-state index in [1.165, 1.54) is 0 Å². The van der Waals surface area contributed by atoms with E-state index in [-0.39, 0.29) is 0 Å². The molecule has 11 heteroatoms. The molecule has 0 radical (unpaired) electrons. The third-order valence-corrected chi connectivity index (χ3v) is 8.65. The van der Waals surface area contributed by atoms with Crippen molar-refractivity contribution in [1.29, 1.82) is 0 Å². The Morgan fingerprint density at radius 3 is 2.23 bits per heavy atom. The summed E-state index contributed by atoms with van der Waals surface area (Å²) in [5.74, 6) is 1.04. The lowest BCUT2D eigenvalue weighted by atomic mass is 9.87. The third kappa shape index (κ3) is 6.81. The number of carbonyl (C=O) groups is 2. The molecule has 1 saturated heterocycles. The summed E-state index contributed by atoms with van der Waals surface area (Å²) in [5, 5.41) is 8.21. The van der Waals surface area contributed by atoms with Gasteiger partial charge >= 0.3 is 12.1 Å². The number of piperazine rings is 1. The lowest BCUT2D eigenvalue weighted by Gasteiger charge is -2.37. The number of rotatable bonds is 5. The molecule has 47 heavy (non-hydrogen) atoms. The summed E-state index contributed by atoms with van der Waals surface area (Å²) in [7, 11) is 0. The maximum atomic E-state index is 13.6. The van der Waals surface area contributed by atoms with Gasteiger partial charge in [-0.1, -0.05) is 72.2 Å². The predicted octanol–water partition coefficient (Wildman–Crippen LogP) is 6.93. The molecule has 2 aromatic carbocycles. The van der Waals surface area contributed by atoms with Crippen molar-refractivity contribution < 1.29 is 19.2 Å².